The maximum absolute atomic E-state index is 4.75. The van der Waals surface area contributed by atoms with Crippen molar-refractivity contribution in [1.29, 1.82) is 0 Å². The molecule has 21 heavy (non-hydrogen) atoms. The summed E-state index contributed by atoms with van der Waals surface area (Å²) >= 11 is 0. The molecule has 2 rings (SSSR count). The fraction of sp³-hybridized carbons (Fsp3) is 0.316. The third-order valence-electron chi connectivity index (χ3n) is 3.27. The van der Waals surface area contributed by atoms with Crippen molar-refractivity contribution >= 4 is 11.5 Å². The van der Waals surface area contributed by atoms with E-state index >= 15 is 0 Å². The first-order chi connectivity index (χ1) is 10.1. The number of nitrogens with one attached hydrogen (secondary N) is 1. The van der Waals surface area contributed by atoms with E-state index in [1.165, 1.54) is 5.56 Å². The van der Waals surface area contributed by atoms with Gasteiger partial charge in [0.2, 0.25) is 0 Å². The lowest BCUT2D eigenvalue weighted by molar-refractivity contribution is 0.835. The maximum Gasteiger partial charge on any atom is 0.132 e. The van der Waals surface area contributed by atoms with Gasteiger partial charge >= 0.3 is 0 Å². The average Bonchev–Trinajstić information content (AvgIpc) is 2.47. The molecule has 2 aromatic rings. The molecule has 0 aliphatic heterocycles. The van der Waals surface area contributed by atoms with Gasteiger partial charge in [-0.3, -0.25) is 4.99 Å². The second-order valence-corrected chi connectivity index (χ2v) is 5.80. The van der Waals surface area contributed by atoms with E-state index in [0.717, 1.165) is 17.1 Å². The lowest BCUT2D eigenvalue weighted by Crippen LogP contribution is -2.17. The molecule has 0 aromatic heterocycles. The number of aliphatic imine (C=N–C) groups is 1. The molecule has 0 unspecified atom stereocenters. The first-order valence-electron chi connectivity index (χ1n) is 7.57. The molecule has 0 bridgehead atoms. The molecular weight excluding hydrogens is 256 g/mol. The quantitative estimate of drug-likeness (QED) is 0.613. The molecule has 0 aliphatic rings. The van der Waals surface area contributed by atoms with Crippen LogP contribution in [0, 0.1) is 0 Å². The summed E-state index contributed by atoms with van der Waals surface area (Å²) in [6.45, 7) is 8.61. The number of nitrogens with zero attached hydrogens (tertiary/aromatic N) is 1. The fourth-order valence-electron chi connectivity index (χ4n) is 2.28. The number of hydrogen-bond acceptors (Lipinski definition) is 1. The monoisotopic (exact) mass is 280 g/mol. The molecule has 0 fully saturated rings. The maximum atomic E-state index is 4.75. The van der Waals surface area contributed by atoms with Crippen molar-refractivity contribution in [2.75, 3.05) is 5.32 Å². The van der Waals surface area contributed by atoms with E-state index in [0.29, 0.717) is 5.92 Å². The second-order valence-electron chi connectivity index (χ2n) is 5.80. The highest BCUT2D eigenvalue weighted by Gasteiger charge is 2.09. The molecule has 2 aromatic carbocycles. The lowest BCUT2D eigenvalue weighted by Gasteiger charge is -2.17. The molecule has 2 heteroatoms. The number of rotatable bonds is 4. The summed E-state index contributed by atoms with van der Waals surface area (Å²) in [6, 6.07) is 19.0. The Hall–Kier alpha value is -2.09. The van der Waals surface area contributed by atoms with Gasteiger partial charge in [0.05, 0.1) is 0 Å². The zero-order chi connectivity index (χ0) is 15.2. The summed E-state index contributed by atoms with van der Waals surface area (Å²) in [5, 5.41) is 3.53. The number of benzene rings is 2. The normalized spacial score (nSPS) is 12.0. The Balaban J connectivity index is 2.37. The van der Waals surface area contributed by atoms with Crippen molar-refractivity contribution in [3.05, 3.63) is 65.7 Å². The Morgan fingerprint density at radius 2 is 1.48 bits per heavy atom. The Kier molecular flexibility index (Phi) is 5.15. The summed E-state index contributed by atoms with van der Waals surface area (Å²) < 4.78 is 0. The zero-order valence-corrected chi connectivity index (χ0v) is 13.3. The van der Waals surface area contributed by atoms with Gasteiger partial charge in [0.15, 0.2) is 0 Å². The first-order valence-corrected chi connectivity index (χ1v) is 7.57. The topological polar surface area (TPSA) is 24.4 Å². The van der Waals surface area contributed by atoms with Crippen LogP contribution in [0.1, 0.15) is 44.7 Å². The second kappa shape index (κ2) is 7.07. The van der Waals surface area contributed by atoms with E-state index in [-0.39, 0.29) is 6.04 Å². The van der Waals surface area contributed by atoms with Crippen molar-refractivity contribution in [3.8, 4) is 0 Å². The van der Waals surface area contributed by atoms with E-state index in [4.69, 9.17) is 4.99 Å². The molecule has 0 aliphatic carbocycles. The minimum atomic E-state index is 0.249. The van der Waals surface area contributed by atoms with Crippen LogP contribution in [0.3, 0.4) is 0 Å². The third-order valence-corrected chi connectivity index (χ3v) is 3.27. The van der Waals surface area contributed by atoms with Gasteiger partial charge in [0, 0.05) is 17.3 Å². The highest BCUT2D eigenvalue weighted by atomic mass is 15.0. The summed E-state index contributed by atoms with van der Waals surface area (Å²) in [7, 11) is 0. The van der Waals surface area contributed by atoms with Gasteiger partial charge in [-0.25, -0.2) is 0 Å². The van der Waals surface area contributed by atoms with Gasteiger partial charge in [-0.1, -0.05) is 62.4 Å². The molecule has 0 saturated heterocycles. The number of amidine groups is 1. The lowest BCUT2D eigenvalue weighted by atomic mass is 10.0. The molecular formula is C19H24N2. The van der Waals surface area contributed by atoms with Crippen LogP contribution in [-0.2, 0) is 0 Å². The average molecular weight is 280 g/mol. The van der Waals surface area contributed by atoms with E-state index in [9.17, 15) is 0 Å². The van der Waals surface area contributed by atoms with Gasteiger partial charge in [-0.2, -0.15) is 0 Å². The fourth-order valence-corrected chi connectivity index (χ4v) is 2.28. The molecule has 110 valence electrons. The zero-order valence-electron chi connectivity index (χ0n) is 13.3. The van der Waals surface area contributed by atoms with Crippen molar-refractivity contribution in [2.45, 2.75) is 39.7 Å². The summed E-state index contributed by atoms with van der Waals surface area (Å²) in [5.41, 5.74) is 3.56. The van der Waals surface area contributed by atoms with Crippen LogP contribution in [0.4, 0.5) is 5.69 Å². The van der Waals surface area contributed by atoms with Gasteiger partial charge in [0.1, 0.15) is 5.84 Å². The SMILES string of the molecule is CC(C)N=C(Nc1ccccc1C(C)C)c1ccccc1. The van der Waals surface area contributed by atoms with E-state index in [1.807, 2.05) is 18.2 Å². The van der Waals surface area contributed by atoms with Crippen molar-refractivity contribution in [2.24, 2.45) is 4.99 Å². The van der Waals surface area contributed by atoms with Crippen LogP contribution in [0.25, 0.3) is 0 Å². The van der Waals surface area contributed by atoms with Crippen LogP contribution in [-0.4, -0.2) is 11.9 Å². The standard InChI is InChI=1S/C19H24N2/c1-14(2)17-12-8-9-13-18(17)21-19(20-15(3)4)16-10-6-5-7-11-16/h5-15H,1-4H3,(H,20,21). The molecule has 0 heterocycles. The predicted octanol–water partition coefficient (Wildman–Crippen LogP) is 5.08. The summed E-state index contributed by atoms with van der Waals surface area (Å²) in [5.74, 6) is 1.41. The molecule has 0 spiro atoms. The molecule has 0 atom stereocenters. The van der Waals surface area contributed by atoms with Crippen LogP contribution < -0.4 is 5.32 Å². The van der Waals surface area contributed by atoms with E-state index in [2.05, 4.69) is 69.4 Å². The van der Waals surface area contributed by atoms with Crippen LogP contribution in [0.5, 0.6) is 0 Å². The predicted molar refractivity (Wildman–Crippen MR) is 92.3 cm³/mol. The van der Waals surface area contributed by atoms with Gasteiger partial charge in [-0.15, -0.1) is 0 Å². The van der Waals surface area contributed by atoms with E-state index < -0.39 is 0 Å². The van der Waals surface area contributed by atoms with Gasteiger partial charge in [0.25, 0.3) is 0 Å². The number of anilines is 1. The molecule has 0 saturated carbocycles. The molecule has 2 nitrogen and oxygen atoms in total. The largest absolute Gasteiger partial charge is 0.340 e. The third kappa shape index (κ3) is 4.19. The molecule has 1 N–H and O–H groups in total. The van der Waals surface area contributed by atoms with Gasteiger partial charge in [-0.05, 0) is 31.4 Å². The highest BCUT2D eigenvalue weighted by molar-refractivity contribution is 6.08. The Bertz CT molecular complexity index is 598. The number of para-hydroxylation sites is 1. The molecule has 0 radical (unpaired) electrons. The van der Waals surface area contributed by atoms with Crippen LogP contribution in [0.2, 0.25) is 0 Å². The van der Waals surface area contributed by atoms with Gasteiger partial charge < -0.3 is 5.32 Å². The molecule has 0 amide bonds. The van der Waals surface area contributed by atoms with Crippen LogP contribution >= 0.6 is 0 Å². The Labute approximate surface area is 127 Å². The Morgan fingerprint density at radius 1 is 0.857 bits per heavy atom. The van der Waals surface area contributed by atoms with Crippen molar-refractivity contribution < 1.29 is 0 Å². The smallest absolute Gasteiger partial charge is 0.132 e. The summed E-state index contributed by atoms with van der Waals surface area (Å²) in [6.07, 6.45) is 0. The van der Waals surface area contributed by atoms with Crippen molar-refractivity contribution in [1.82, 2.24) is 0 Å². The Morgan fingerprint density at radius 3 is 2.10 bits per heavy atom. The minimum absolute atomic E-state index is 0.249. The van der Waals surface area contributed by atoms with Crippen LogP contribution in [0.15, 0.2) is 59.6 Å². The summed E-state index contributed by atoms with van der Waals surface area (Å²) in [4.78, 5) is 4.75. The first kappa shape index (κ1) is 15.3. The van der Waals surface area contributed by atoms with E-state index in [1.54, 1.807) is 0 Å². The highest BCUT2D eigenvalue weighted by Crippen LogP contribution is 2.24. The van der Waals surface area contributed by atoms with Crippen molar-refractivity contribution in [3.63, 3.8) is 0 Å². The number of hydrogen-bond donors (Lipinski definition) is 1. The minimum Gasteiger partial charge on any atom is -0.340 e.